The molecule has 0 unspecified atom stereocenters. The van der Waals surface area contributed by atoms with Crippen LogP contribution in [0.1, 0.15) is 6.42 Å². The molecule has 0 saturated carbocycles. The highest BCUT2D eigenvalue weighted by Gasteiger charge is 2.19. The Morgan fingerprint density at radius 2 is 1.93 bits per heavy atom. The van der Waals surface area contributed by atoms with Gasteiger partial charge >= 0.3 is 5.97 Å². The quantitative estimate of drug-likeness (QED) is 0.424. The molecule has 0 spiro atoms. The van der Waals surface area contributed by atoms with Crippen molar-refractivity contribution in [1.82, 2.24) is 5.32 Å². The van der Waals surface area contributed by atoms with Crippen molar-refractivity contribution in [2.24, 2.45) is 11.5 Å². The summed E-state index contributed by atoms with van der Waals surface area (Å²) in [7, 11) is 0. The molecule has 15 heavy (non-hydrogen) atoms. The van der Waals surface area contributed by atoms with E-state index in [0.717, 1.165) is 0 Å². The van der Waals surface area contributed by atoms with Crippen molar-refractivity contribution < 1.29 is 19.5 Å². The summed E-state index contributed by atoms with van der Waals surface area (Å²) in [6.07, 6.45) is -0.159. The maximum atomic E-state index is 11.2. The van der Waals surface area contributed by atoms with Gasteiger partial charge < -0.3 is 21.9 Å². The molecule has 0 rings (SSSR count). The number of carbonyl (C=O) groups excluding carboxylic acids is 2. The van der Waals surface area contributed by atoms with Crippen molar-refractivity contribution in [3.8, 4) is 0 Å². The second-order valence-electron chi connectivity index (χ2n) is 2.83. The number of primary amides is 1. The molecule has 0 heterocycles. The maximum Gasteiger partial charge on any atom is 0.322 e. The molecular weight excluding hydrogens is 270 g/mol. The fraction of sp³-hybridized carbons (Fsp3) is 0.571. The lowest BCUT2D eigenvalue weighted by Crippen LogP contribution is -2.44. The molecule has 0 aliphatic carbocycles. The SMILES string of the molecule is NC(=O)C[C@H](Br)C(=O)NC[C@H](N)C(=O)O. The smallest absolute Gasteiger partial charge is 0.322 e. The van der Waals surface area contributed by atoms with Gasteiger partial charge in [-0.1, -0.05) is 15.9 Å². The number of hydrogen-bond donors (Lipinski definition) is 4. The molecule has 0 fully saturated rings. The Hall–Kier alpha value is -1.15. The highest BCUT2D eigenvalue weighted by Crippen LogP contribution is 2.03. The minimum atomic E-state index is -1.21. The zero-order chi connectivity index (χ0) is 12.0. The molecule has 0 bridgehead atoms. The number of hydrogen-bond acceptors (Lipinski definition) is 4. The third-order valence-electron chi connectivity index (χ3n) is 1.48. The van der Waals surface area contributed by atoms with Crippen LogP contribution in [0.5, 0.6) is 0 Å². The summed E-state index contributed by atoms with van der Waals surface area (Å²) in [6, 6.07) is -1.16. The van der Waals surface area contributed by atoms with Crippen LogP contribution < -0.4 is 16.8 Å². The van der Waals surface area contributed by atoms with Crippen LogP contribution in [0.2, 0.25) is 0 Å². The molecule has 0 radical (unpaired) electrons. The summed E-state index contributed by atoms with van der Waals surface area (Å²) >= 11 is 2.93. The Morgan fingerprint density at radius 1 is 1.40 bits per heavy atom. The summed E-state index contributed by atoms with van der Waals surface area (Å²) in [5, 5.41) is 10.7. The first-order valence-electron chi connectivity index (χ1n) is 4.03. The van der Waals surface area contributed by atoms with Gasteiger partial charge in [0.05, 0.1) is 0 Å². The normalized spacial score (nSPS) is 14.0. The molecule has 0 aromatic heterocycles. The number of carboxylic acids is 1. The molecule has 8 heteroatoms. The molecule has 6 N–H and O–H groups in total. The first-order chi connectivity index (χ1) is 6.84. The fourth-order valence-corrected chi connectivity index (χ4v) is 1.16. The number of carbonyl (C=O) groups is 3. The van der Waals surface area contributed by atoms with Gasteiger partial charge in [-0.3, -0.25) is 14.4 Å². The van der Waals surface area contributed by atoms with Crippen molar-refractivity contribution in [3.05, 3.63) is 0 Å². The third-order valence-corrected chi connectivity index (χ3v) is 2.22. The van der Waals surface area contributed by atoms with Gasteiger partial charge in [0.2, 0.25) is 11.8 Å². The molecule has 7 nitrogen and oxygen atoms in total. The highest BCUT2D eigenvalue weighted by atomic mass is 79.9. The molecule has 0 aliphatic heterocycles. The minimum absolute atomic E-state index is 0.159. The van der Waals surface area contributed by atoms with Crippen LogP contribution >= 0.6 is 15.9 Å². The third kappa shape index (κ3) is 6.02. The number of alkyl halides is 1. The Balaban J connectivity index is 3.93. The minimum Gasteiger partial charge on any atom is -0.480 e. The highest BCUT2D eigenvalue weighted by molar-refractivity contribution is 9.10. The van der Waals surface area contributed by atoms with Crippen molar-refractivity contribution in [1.29, 1.82) is 0 Å². The van der Waals surface area contributed by atoms with Crippen LogP contribution in [0.4, 0.5) is 0 Å². The van der Waals surface area contributed by atoms with E-state index >= 15 is 0 Å². The van der Waals surface area contributed by atoms with E-state index < -0.39 is 28.7 Å². The van der Waals surface area contributed by atoms with Gasteiger partial charge in [0, 0.05) is 13.0 Å². The van der Waals surface area contributed by atoms with Gasteiger partial charge in [-0.25, -0.2) is 0 Å². The molecule has 0 aliphatic rings. The second-order valence-corrected chi connectivity index (χ2v) is 3.93. The van der Waals surface area contributed by atoms with Gasteiger partial charge in [-0.2, -0.15) is 0 Å². The molecule has 2 atom stereocenters. The van der Waals surface area contributed by atoms with Gasteiger partial charge in [0.1, 0.15) is 10.9 Å². The average Bonchev–Trinajstić information content (AvgIpc) is 2.12. The van der Waals surface area contributed by atoms with Crippen LogP contribution in [0, 0.1) is 0 Å². The first-order valence-corrected chi connectivity index (χ1v) is 4.94. The molecule has 0 saturated heterocycles. The standard InChI is InChI=1S/C7H12BrN3O4/c8-3(1-5(10)12)6(13)11-2-4(9)7(14)15/h3-4H,1-2,9H2,(H2,10,12)(H,11,13)(H,14,15)/t3-,4-/m0/s1. The van der Waals surface area contributed by atoms with Gasteiger partial charge in [0.25, 0.3) is 0 Å². The van der Waals surface area contributed by atoms with E-state index in [-0.39, 0.29) is 13.0 Å². The lowest BCUT2D eigenvalue weighted by molar-refractivity contribution is -0.138. The number of nitrogens with one attached hydrogen (secondary N) is 1. The van der Waals surface area contributed by atoms with Crippen LogP contribution in [0.3, 0.4) is 0 Å². The summed E-state index contributed by atoms with van der Waals surface area (Å²) in [4.78, 5) is 31.2. The van der Waals surface area contributed by atoms with E-state index in [1.807, 2.05) is 0 Å². The van der Waals surface area contributed by atoms with Crippen LogP contribution in [0.25, 0.3) is 0 Å². The Labute approximate surface area is 94.3 Å². The lowest BCUT2D eigenvalue weighted by Gasteiger charge is -2.11. The number of amides is 2. The van der Waals surface area contributed by atoms with E-state index in [4.69, 9.17) is 16.6 Å². The molecule has 0 aromatic rings. The van der Waals surface area contributed by atoms with Gasteiger partial charge in [-0.15, -0.1) is 0 Å². The van der Waals surface area contributed by atoms with E-state index in [0.29, 0.717) is 0 Å². The van der Waals surface area contributed by atoms with E-state index in [1.165, 1.54) is 0 Å². The zero-order valence-electron chi connectivity index (χ0n) is 7.77. The topological polar surface area (TPSA) is 136 Å². The van der Waals surface area contributed by atoms with Crippen LogP contribution in [-0.4, -0.2) is 40.3 Å². The lowest BCUT2D eigenvalue weighted by atomic mass is 10.2. The first kappa shape index (κ1) is 13.8. The summed E-state index contributed by atoms with van der Waals surface area (Å²) in [5.74, 6) is -2.36. The summed E-state index contributed by atoms with van der Waals surface area (Å²) in [5.41, 5.74) is 10.0. The number of nitrogens with two attached hydrogens (primary N) is 2. The number of aliphatic carboxylic acids is 1. The number of halogens is 1. The predicted molar refractivity (Wildman–Crippen MR) is 55.1 cm³/mol. The molecule has 86 valence electrons. The molecule has 2 amide bonds. The second kappa shape index (κ2) is 6.36. The van der Waals surface area contributed by atoms with Crippen molar-refractivity contribution in [2.45, 2.75) is 17.3 Å². The van der Waals surface area contributed by atoms with E-state index in [2.05, 4.69) is 21.2 Å². The van der Waals surface area contributed by atoms with Crippen LogP contribution in [0.15, 0.2) is 0 Å². The number of carboxylic acid groups (broad SMARTS) is 1. The maximum absolute atomic E-state index is 11.2. The fourth-order valence-electron chi connectivity index (χ4n) is 0.678. The van der Waals surface area contributed by atoms with Crippen molar-refractivity contribution in [3.63, 3.8) is 0 Å². The Morgan fingerprint density at radius 3 is 2.33 bits per heavy atom. The summed E-state index contributed by atoms with van der Waals surface area (Å²) < 4.78 is 0. The van der Waals surface area contributed by atoms with E-state index in [9.17, 15) is 14.4 Å². The van der Waals surface area contributed by atoms with Crippen molar-refractivity contribution in [2.75, 3.05) is 6.54 Å². The largest absolute Gasteiger partial charge is 0.480 e. The average molecular weight is 282 g/mol. The number of rotatable bonds is 6. The zero-order valence-corrected chi connectivity index (χ0v) is 9.36. The predicted octanol–water partition coefficient (Wildman–Crippen LogP) is -1.85. The Bertz CT molecular complexity index is 271. The van der Waals surface area contributed by atoms with Crippen LogP contribution in [-0.2, 0) is 14.4 Å². The van der Waals surface area contributed by atoms with Crippen molar-refractivity contribution >= 4 is 33.7 Å². The van der Waals surface area contributed by atoms with Gasteiger partial charge in [0.15, 0.2) is 0 Å². The Kier molecular flexibility index (Phi) is 5.87. The monoisotopic (exact) mass is 281 g/mol. The molecule has 0 aromatic carbocycles. The van der Waals surface area contributed by atoms with Gasteiger partial charge in [-0.05, 0) is 0 Å². The molecular formula is C7H12BrN3O4. The van der Waals surface area contributed by atoms with E-state index in [1.54, 1.807) is 0 Å². The summed E-state index contributed by atoms with van der Waals surface area (Å²) in [6.45, 7) is -0.199.